The van der Waals surface area contributed by atoms with Crippen molar-refractivity contribution in [2.45, 2.75) is 6.54 Å². The van der Waals surface area contributed by atoms with E-state index in [1.165, 1.54) is 24.4 Å². The van der Waals surface area contributed by atoms with Gasteiger partial charge in [-0.15, -0.1) is 0 Å². The minimum atomic E-state index is -0.711. The average Bonchev–Trinajstić information content (AvgIpc) is 2.64. The normalized spacial score (nSPS) is 10.3. The molecule has 2 N–H and O–H groups in total. The molecule has 0 radical (unpaired) electrons. The van der Waals surface area contributed by atoms with E-state index in [-0.39, 0.29) is 23.8 Å². The Hall–Kier alpha value is -3.35. The molecule has 0 fully saturated rings. The number of rotatable bonds is 5. The second-order valence-electron chi connectivity index (χ2n) is 5.16. The molecule has 0 spiro atoms. The van der Waals surface area contributed by atoms with Crippen LogP contribution in [-0.4, -0.2) is 15.9 Å². The summed E-state index contributed by atoms with van der Waals surface area (Å²) in [6, 6.07) is 12.0. The van der Waals surface area contributed by atoms with Crippen LogP contribution < -0.4 is 10.6 Å². The quantitative estimate of drug-likeness (QED) is 0.747. The number of anilines is 2. The van der Waals surface area contributed by atoms with Crippen molar-refractivity contribution in [1.29, 1.82) is 0 Å². The van der Waals surface area contributed by atoms with Gasteiger partial charge in [-0.25, -0.2) is 13.8 Å². The second kappa shape index (κ2) is 7.48. The fourth-order valence-corrected chi connectivity index (χ4v) is 2.13. The third kappa shape index (κ3) is 4.14. The Bertz CT molecular complexity index is 850. The van der Waals surface area contributed by atoms with Crippen LogP contribution in [0.4, 0.5) is 20.2 Å². The van der Waals surface area contributed by atoms with Crippen molar-refractivity contribution in [2.24, 2.45) is 0 Å². The van der Waals surface area contributed by atoms with Gasteiger partial charge in [-0.3, -0.25) is 9.78 Å². The highest BCUT2D eigenvalue weighted by Crippen LogP contribution is 2.22. The smallest absolute Gasteiger partial charge is 0.270 e. The number of amides is 1. The maximum atomic E-state index is 13.6. The number of hydrogen-bond acceptors (Lipinski definition) is 4. The van der Waals surface area contributed by atoms with Gasteiger partial charge in [-0.1, -0.05) is 12.1 Å². The molecule has 2 heterocycles. The van der Waals surface area contributed by atoms with Gasteiger partial charge in [-0.05, 0) is 36.4 Å². The van der Waals surface area contributed by atoms with E-state index in [9.17, 15) is 13.6 Å². The molecular weight excluding hydrogens is 326 g/mol. The Morgan fingerprint density at radius 3 is 2.40 bits per heavy atom. The first-order valence-corrected chi connectivity index (χ1v) is 7.48. The summed E-state index contributed by atoms with van der Waals surface area (Å²) in [5.74, 6) is -1.79. The predicted octanol–water partition coefficient (Wildman–Crippen LogP) is 3.43. The highest BCUT2D eigenvalue weighted by Gasteiger charge is 2.10. The van der Waals surface area contributed by atoms with E-state index in [1.54, 1.807) is 18.3 Å². The number of benzene rings is 1. The molecule has 126 valence electrons. The molecule has 0 saturated heterocycles. The summed E-state index contributed by atoms with van der Waals surface area (Å²) in [6.45, 7) is 0.280. The van der Waals surface area contributed by atoms with Crippen LogP contribution in [-0.2, 0) is 6.54 Å². The van der Waals surface area contributed by atoms with Gasteiger partial charge >= 0.3 is 0 Å². The molecule has 7 heteroatoms. The molecule has 0 bridgehead atoms. The third-order valence-electron chi connectivity index (χ3n) is 3.38. The SMILES string of the molecule is O=C(NCc1ccccn1)c1ccc(Nc2c(F)cccc2F)cn1. The monoisotopic (exact) mass is 340 g/mol. The number of carbonyl (C=O) groups excluding carboxylic acids is 1. The second-order valence-corrected chi connectivity index (χ2v) is 5.16. The number of carbonyl (C=O) groups is 1. The summed E-state index contributed by atoms with van der Waals surface area (Å²) < 4.78 is 27.2. The Labute approximate surface area is 142 Å². The Morgan fingerprint density at radius 1 is 0.960 bits per heavy atom. The van der Waals surface area contributed by atoms with Gasteiger partial charge in [0.25, 0.3) is 5.91 Å². The zero-order valence-corrected chi connectivity index (χ0v) is 13.0. The number of nitrogens with zero attached hydrogens (tertiary/aromatic N) is 2. The molecule has 2 aromatic heterocycles. The number of aromatic nitrogens is 2. The van der Waals surface area contributed by atoms with Gasteiger partial charge in [0, 0.05) is 6.20 Å². The van der Waals surface area contributed by atoms with Crippen LogP contribution in [0.1, 0.15) is 16.2 Å². The van der Waals surface area contributed by atoms with E-state index in [0.717, 1.165) is 17.8 Å². The van der Waals surface area contributed by atoms with Gasteiger partial charge in [0.1, 0.15) is 23.0 Å². The minimum Gasteiger partial charge on any atom is -0.349 e. The molecule has 3 aromatic rings. The van der Waals surface area contributed by atoms with Crippen molar-refractivity contribution in [2.75, 3.05) is 5.32 Å². The molecule has 1 aromatic carbocycles. The molecule has 0 aliphatic carbocycles. The molecular formula is C18H14F2N4O. The van der Waals surface area contributed by atoms with Gasteiger partial charge in [-0.2, -0.15) is 0 Å². The van der Waals surface area contributed by atoms with Crippen LogP contribution >= 0.6 is 0 Å². The summed E-state index contributed by atoms with van der Waals surface area (Å²) in [6.07, 6.45) is 2.98. The fourth-order valence-electron chi connectivity index (χ4n) is 2.13. The first kappa shape index (κ1) is 16.5. The summed E-state index contributed by atoms with van der Waals surface area (Å²) in [7, 11) is 0. The fraction of sp³-hybridized carbons (Fsp3) is 0.0556. The molecule has 5 nitrogen and oxygen atoms in total. The summed E-state index contributed by atoms with van der Waals surface area (Å²) in [5.41, 5.74) is 1.02. The topological polar surface area (TPSA) is 66.9 Å². The maximum absolute atomic E-state index is 13.6. The highest BCUT2D eigenvalue weighted by molar-refractivity contribution is 5.92. The van der Waals surface area contributed by atoms with Crippen molar-refractivity contribution >= 4 is 17.3 Å². The molecule has 0 aliphatic rings. The van der Waals surface area contributed by atoms with Crippen LogP contribution in [0.25, 0.3) is 0 Å². The van der Waals surface area contributed by atoms with Crippen LogP contribution in [0.15, 0.2) is 60.9 Å². The zero-order valence-electron chi connectivity index (χ0n) is 13.0. The van der Waals surface area contributed by atoms with Gasteiger partial charge in [0.15, 0.2) is 0 Å². The molecule has 1 amide bonds. The van der Waals surface area contributed by atoms with Crippen molar-refractivity contribution in [3.63, 3.8) is 0 Å². The lowest BCUT2D eigenvalue weighted by atomic mass is 10.2. The van der Waals surface area contributed by atoms with Crippen LogP contribution in [0.2, 0.25) is 0 Å². The van der Waals surface area contributed by atoms with E-state index >= 15 is 0 Å². The highest BCUT2D eigenvalue weighted by atomic mass is 19.1. The van der Waals surface area contributed by atoms with E-state index in [2.05, 4.69) is 20.6 Å². The molecule has 0 aliphatic heterocycles. The van der Waals surface area contributed by atoms with Crippen molar-refractivity contribution in [1.82, 2.24) is 15.3 Å². The van der Waals surface area contributed by atoms with Crippen LogP contribution in [0.5, 0.6) is 0 Å². The van der Waals surface area contributed by atoms with E-state index in [0.29, 0.717) is 5.69 Å². The number of halogens is 2. The Balaban J connectivity index is 1.64. The van der Waals surface area contributed by atoms with Crippen molar-refractivity contribution in [3.8, 4) is 0 Å². The van der Waals surface area contributed by atoms with Crippen LogP contribution in [0, 0.1) is 11.6 Å². The molecule has 0 saturated carbocycles. The lowest BCUT2D eigenvalue weighted by Crippen LogP contribution is -2.24. The summed E-state index contributed by atoms with van der Waals surface area (Å²) in [5, 5.41) is 5.31. The number of nitrogens with one attached hydrogen (secondary N) is 2. The average molecular weight is 340 g/mol. The lowest BCUT2D eigenvalue weighted by molar-refractivity contribution is 0.0945. The van der Waals surface area contributed by atoms with Gasteiger partial charge < -0.3 is 10.6 Å². The maximum Gasteiger partial charge on any atom is 0.270 e. The molecule has 0 atom stereocenters. The first-order valence-electron chi connectivity index (χ1n) is 7.48. The van der Waals surface area contributed by atoms with Crippen molar-refractivity contribution < 1.29 is 13.6 Å². The number of pyridine rings is 2. The Morgan fingerprint density at radius 2 is 1.76 bits per heavy atom. The third-order valence-corrected chi connectivity index (χ3v) is 3.38. The zero-order chi connectivity index (χ0) is 17.6. The van der Waals surface area contributed by atoms with Crippen molar-refractivity contribution in [3.05, 3.63) is 83.9 Å². The summed E-state index contributed by atoms with van der Waals surface area (Å²) in [4.78, 5) is 20.2. The number of hydrogen-bond donors (Lipinski definition) is 2. The lowest BCUT2D eigenvalue weighted by Gasteiger charge is -2.09. The number of para-hydroxylation sites is 1. The van der Waals surface area contributed by atoms with Gasteiger partial charge in [0.05, 0.1) is 24.1 Å². The molecule has 0 unspecified atom stereocenters. The first-order chi connectivity index (χ1) is 12.1. The summed E-state index contributed by atoms with van der Waals surface area (Å²) >= 11 is 0. The van der Waals surface area contributed by atoms with E-state index < -0.39 is 11.6 Å². The van der Waals surface area contributed by atoms with E-state index in [4.69, 9.17) is 0 Å². The van der Waals surface area contributed by atoms with E-state index in [1.807, 2.05) is 6.07 Å². The largest absolute Gasteiger partial charge is 0.349 e. The standard InChI is InChI=1S/C18H14F2N4O/c19-14-5-3-6-15(20)17(14)24-13-7-8-16(22-11-13)18(25)23-10-12-4-1-2-9-21-12/h1-9,11,24H,10H2,(H,23,25). The minimum absolute atomic E-state index is 0.190. The van der Waals surface area contributed by atoms with Gasteiger partial charge in [0.2, 0.25) is 0 Å². The van der Waals surface area contributed by atoms with Crippen LogP contribution in [0.3, 0.4) is 0 Å². The molecule has 25 heavy (non-hydrogen) atoms. The predicted molar refractivity (Wildman–Crippen MR) is 89.3 cm³/mol. The molecule has 3 rings (SSSR count). The Kier molecular flexibility index (Phi) is 4.94.